The number of nitrogens with zero attached hydrogens (tertiary/aromatic N) is 1. The van der Waals surface area contributed by atoms with Crippen molar-refractivity contribution in [1.29, 1.82) is 0 Å². The molecule has 0 heterocycles. The molecule has 2 rings (SSSR count). The van der Waals surface area contributed by atoms with Crippen LogP contribution in [0.4, 0.5) is 0 Å². The highest BCUT2D eigenvalue weighted by molar-refractivity contribution is 9.10. The van der Waals surface area contributed by atoms with Crippen molar-refractivity contribution >= 4 is 15.9 Å². The lowest BCUT2D eigenvalue weighted by atomic mass is 9.90. The van der Waals surface area contributed by atoms with Crippen molar-refractivity contribution in [3.8, 4) is 0 Å². The summed E-state index contributed by atoms with van der Waals surface area (Å²) in [5, 5.41) is 12.5. The largest absolute Gasteiger partial charge is 0.396 e. The van der Waals surface area contributed by atoms with Gasteiger partial charge in [-0.1, -0.05) is 40.5 Å². The summed E-state index contributed by atoms with van der Waals surface area (Å²) in [5.74, 6) is 0. The summed E-state index contributed by atoms with van der Waals surface area (Å²) in [6, 6.07) is 9.56. The first-order valence-corrected chi connectivity index (χ1v) is 8.82. The summed E-state index contributed by atoms with van der Waals surface area (Å²) in [6.07, 6.45) is 5.99. The molecule has 1 aliphatic carbocycles. The third kappa shape index (κ3) is 4.78. The number of hydrogen-bond acceptors (Lipinski definition) is 3. The van der Waals surface area contributed by atoms with Gasteiger partial charge in [0.1, 0.15) is 0 Å². The van der Waals surface area contributed by atoms with E-state index in [2.05, 4.69) is 50.4 Å². The van der Waals surface area contributed by atoms with Crippen LogP contribution in [0.15, 0.2) is 28.7 Å². The van der Waals surface area contributed by atoms with Crippen LogP contribution in [0, 0.1) is 0 Å². The minimum Gasteiger partial charge on any atom is -0.396 e. The first kappa shape index (κ1) is 16.9. The van der Waals surface area contributed by atoms with Crippen LogP contribution in [-0.4, -0.2) is 42.8 Å². The third-order valence-corrected chi connectivity index (χ3v) is 5.25. The van der Waals surface area contributed by atoms with Gasteiger partial charge in [-0.3, -0.25) is 0 Å². The van der Waals surface area contributed by atoms with Gasteiger partial charge in [-0.2, -0.15) is 0 Å². The molecule has 1 aliphatic rings. The molecule has 0 amide bonds. The zero-order valence-electron chi connectivity index (χ0n) is 12.9. The molecule has 2 N–H and O–H groups in total. The maximum Gasteiger partial charge on any atom is 0.0443 e. The lowest BCUT2D eigenvalue weighted by Gasteiger charge is -2.38. The molecule has 0 aliphatic heterocycles. The molecule has 1 aromatic carbocycles. The summed E-state index contributed by atoms with van der Waals surface area (Å²) in [4.78, 5) is 2.57. The van der Waals surface area contributed by atoms with E-state index in [-0.39, 0.29) is 0 Å². The molecule has 118 valence electrons. The van der Waals surface area contributed by atoms with E-state index in [4.69, 9.17) is 5.11 Å². The number of halogens is 1. The van der Waals surface area contributed by atoms with Gasteiger partial charge < -0.3 is 15.3 Å². The molecule has 1 aromatic rings. The van der Waals surface area contributed by atoms with Crippen LogP contribution in [0.25, 0.3) is 0 Å². The molecule has 3 nitrogen and oxygen atoms in total. The van der Waals surface area contributed by atoms with Crippen molar-refractivity contribution in [2.24, 2.45) is 0 Å². The van der Waals surface area contributed by atoms with Crippen LogP contribution in [0.3, 0.4) is 0 Å². The van der Waals surface area contributed by atoms with Gasteiger partial charge in [-0.15, -0.1) is 0 Å². The first-order valence-electron chi connectivity index (χ1n) is 8.03. The summed E-state index contributed by atoms with van der Waals surface area (Å²) >= 11 is 3.65. The van der Waals surface area contributed by atoms with Crippen molar-refractivity contribution in [3.05, 3.63) is 34.3 Å². The van der Waals surface area contributed by atoms with E-state index in [0.29, 0.717) is 12.6 Å². The van der Waals surface area contributed by atoms with E-state index in [9.17, 15) is 0 Å². The van der Waals surface area contributed by atoms with Crippen LogP contribution in [0.1, 0.15) is 43.7 Å². The molecule has 0 saturated heterocycles. The van der Waals surface area contributed by atoms with Gasteiger partial charge in [0, 0.05) is 36.3 Å². The zero-order chi connectivity index (χ0) is 15.1. The molecule has 1 atom stereocenters. The molecule has 0 spiro atoms. The minimum atomic E-state index is 0.295. The Labute approximate surface area is 136 Å². The average Bonchev–Trinajstić information content (AvgIpc) is 2.44. The van der Waals surface area contributed by atoms with Gasteiger partial charge in [-0.25, -0.2) is 0 Å². The number of rotatable bonds is 9. The predicted molar refractivity (Wildman–Crippen MR) is 91.5 cm³/mol. The fourth-order valence-electron chi connectivity index (χ4n) is 3.01. The Balaban J connectivity index is 1.92. The van der Waals surface area contributed by atoms with Crippen LogP contribution in [-0.2, 0) is 0 Å². The summed E-state index contributed by atoms with van der Waals surface area (Å²) in [7, 11) is 2.03. The molecular formula is C17H27BrN2O. The van der Waals surface area contributed by atoms with Crippen LogP contribution in [0.5, 0.6) is 0 Å². The molecule has 1 unspecified atom stereocenters. The second kappa shape index (κ2) is 8.89. The highest BCUT2D eigenvalue weighted by Gasteiger charge is 2.25. The second-order valence-electron chi connectivity index (χ2n) is 5.85. The topological polar surface area (TPSA) is 35.5 Å². The lowest BCUT2D eigenvalue weighted by Crippen LogP contribution is -2.42. The zero-order valence-corrected chi connectivity index (χ0v) is 14.5. The normalized spacial score (nSPS) is 17.0. The molecule has 0 radical (unpaired) electrons. The smallest absolute Gasteiger partial charge is 0.0443 e. The van der Waals surface area contributed by atoms with Gasteiger partial charge in [-0.05, 0) is 44.4 Å². The number of nitrogens with one attached hydrogen (secondary N) is 1. The monoisotopic (exact) mass is 354 g/mol. The SMILES string of the molecule is CNC(CCN(CCCO)C1CCC1)c1ccccc1Br. The van der Waals surface area contributed by atoms with Crippen LogP contribution < -0.4 is 5.32 Å². The molecule has 1 saturated carbocycles. The maximum absolute atomic E-state index is 9.08. The molecule has 4 heteroatoms. The molecular weight excluding hydrogens is 328 g/mol. The molecule has 21 heavy (non-hydrogen) atoms. The summed E-state index contributed by atoms with van der Waals surface area (Å²) in [6.45, 7) is 2.41. The van der Waals surface area contributed by atoms with E-state index >= 15 is 0 Å². The Bertz CT molecular complexity index is 423. The van der Waals surface area contributed by atoms with Crippen molar-refractivity contribution in [3.63, 3.8) is 0 Å². The number of benzene rings is 1. The van der Waals surface area contributed by atoms with E-state index < -0.39 is 0 Å². The second-order valence-corrected chi connectivity index (χ2v) is 6.70. The van der Waals surface area contributed by atoms with Crippen molar-refractivity contribution in [2.45, 2.75) is 44.2 Å². The third-order valence-electron chi connectivity index (χ3n) is 4.53. The van der Waals surface area contributed by atoms with Gasteiger partial charge in [0.25, 0.3) is 0 Å². The Morgan fingerprint density at radius 2 is 2.10 bits per heavy atom. The minimum absolute atomic E-state index is 0.295. The highest BCUT2D eigenvalue weighted by atomic mass is 79.9. The fraction of sp³-hybridized carbons (Fsp3) is 0.647. The quantitative estimate of drug-likeness (QED) is 0.713. The molecule has 0 bridgehead atoms. The van der Waals surface area contributed by atoms with Gasteiger partial charge >= 0.3 is 0 Å². The standard InChI is InChI=1S/C17H27BrN2O/c1-19-17(15-8-2-3-9-16(15)18)10-12-20(11-5-13-21)14-6-4-7-14/h2-3,8-9,14,17,19,21H,4-7,10-13H2,1H3. The van der Waals surface area contributed by atoms with Gasteiger partial charge in [0.2, 0.25) is 0 Å². The van der Waals surface area contributed by atoms with Gasteiger partial charge in [0.15, 0.2) is 0 Å². The number of aliphatic hydroxyl groups excluding tert-OH is 1. The van der Waals surface area contributed by atoms with Crippen molar-refractivity contribution in [2.75, 3.05) is 26.7 Å². The van der Waals surface area contributed by atoms with Crippen molar-refractivity contribution < 1.29 is 5.11 Å². The average molecular weight is 355 g/mol. The van der Waals surface area contributed by atoms with E-state index in [1.807, 2.05) is 7.05 Å². The highest BCUT2D eigenvalue weighted by Crippen LogP contribution is 2.28. The van der Waals surface area contributed by atoms with E-state index in [1.165, 1.54) is 29.3 Å². The van der Waals surface area contributed by atoms with Crippen LogP contribution >= 0.6 is 15.9 Å². The van der Waals surface area contributed by atoms with E-state index in [1.54, 1.807) is 0 Å². The summed E-state index contributed by atoms with van der Waals surface area (Å²) in [5.41, 5.74) is 1.33. The molecule has 0 aromatic heterocycles. The van der Waals surface area contributed by atoms with E-state index in [0.717, 1.165) is 32.0 Å². The molecule has 1 fully saturated rings. The first-order chi connectivity index (χ1) is 10.3. The Morgan fingerprint density at radius 3 is 2.67 bits per heavy atom. The number of aliphatic hydroxyl groups is 1. The fourth-order valence-corrected chi connectivity index (χ4v) is 3.57. The van der Waals surface area contributed by atoms with Gasteiger partial charge in [0.05, 0.1) is 0 Å². The number of hydrogen-bond donors (Lipinski definition) is 2. The maximum atomic E-state index is 9.08. The predicted octanol–water partition coefficient (Wildman–Crippen LogP) is 3.34. The Morgan fingerprint density at radius 1 is 1.33 bits per heavy atom. The Hall–Kier alpha value is -0.420. The Kier molecular flexibility index (Phi) is 7.17. The van der Waals surface area contributed by atoms with Crippen LogP contribution in [0.2, 0.25) is 0 Å². The lowest BCUT2D eigenvalue weighted by molar-refractivity contribution is 0.112. The van der Waals surface area contributed by atoms with Crippen molar-refractivity contribution in [1.82, 2.24) is 10.2 Å². The summed E-state index contributed by atoms with van der Waals surface area (Å²) < 4.78 is 1.18.